The molecular formula is C30H45N3O. The van der Waals surface area contributed by atoms with Crippen molar-refractivity contribution in [3.8, 4) is 11.1 Å². The van der Waals surface area contributed by atoms with Gasteiger partial charge >= 0.3 is 0 Å². The van der Waals surface area contributed by atoms with E-state index < -0.39 is 0 Å². The molecule has 2 aromatic rings. The van der Waals surface area contributed by atoms with Crippen LogP contribution < -0.4 is 5.32 Å². The number of rotatable bonds is 15. The molecule has 3 rings (SSSR count). The molecule has 1 saturated heterocycles. The van der Waals surface area contributed by atoms with Crippen LogP contribution in [-0.4, -0.2) is 62.0 Å². The minimum absolute atomic E-state index is 0.0343. The molecular weight excluding hydrogens is 418 g/mol. The molecule has 0 bridgehead atoms. The highest BCUT2D eigenvalue weighted by atomic mass is 16.1. The fourth-order valence-electron chi connectivity index (χ4n) is 4.79. The van der Waals surface area contributed by atoms with E-state index in [1.165, 1.54) is 90.5 Å². The number of hydrogen-bond acceptors (Lipinski definition) is 3. The van der Waals surface area contributed by atoms with E-state index >= 15 is 0 Å². The predicted octanol–water partition coefficient (Wildman–Crippen LogP) is 6.23. The van der Waals surface area contributed by atoms with Crippen LogP contribution in [0.5, 0.6) is 0 Å². The molecule has 1 heterocycles. The quantitative estimate of drug-likeness (QED) is 0.318. The van der Waals surface area contributed by atoms with E-state index in [0.29, 0.717) is 0 Å². The SMILES string of the molecule is CN1CCN(CCCCCCCCCCCCNC(=O)c2ccccc2-c2ccccc2)CC1. The fourth-order valence-corrected chi connectivity index (χ4v) is 4.79. The summed E-state index contributed by atoms with van der Waals surface area (Å²) in [5.41, 5.74) is 2.85. The smallest absolute Gasteiger partial charge is 0.251 e. The number of benzene rings is 2. The first-order chi connectivity index (χ1) is 16.7. The first-order valence-corrected chi connectivity index (χ1v) is 13.6. The highest BCUT2D eigenvalue weighted by Crippen LogP contribution is 2.23. The summed E-state index contributed by atoms with van der Waals surface area (Å²) in [6.07, 6.45) is 13.1. The minimum Gasteiger partial charge on any atom is -0.352 e. The second-order valence-electron chi connectivity index (χ2n) is 9.85. The fraction of sp³-hybridized carbons (Fsp3) is 0.567. The molecule has 0 saturated carbocycles. The molecule has 0 radical (unpaired) electrons. The van der Waals surface area contributed by atoms with Crippen LogP contribution in [0.4, 0.5) is 0 Å². The van der Waals surface area contributed by atoms with Crippen LogP contribution in [-0.2, 0) is 0 Å². The van der Waals surface area contributed by atoms with Crippen LogP contribution in [0.3, 0.4) is 0 Å². The van der Waals surface area contributed by atoms with Gasteiger partial charge < -0.3 is 15.1 Å². The van der Waals surface area contributed by atoms with Crippen LogP contribution >= 0.6 is 0 Å². The lowest BCUT2D eigenvalue weighted by atomic mass is 9.99. The summed E-state index contributed by atoms with van der Waals surface area (Å²) in [6, 6.07) is 18.0. The zero-order chi connectivity index (χ0) is 23.8. The van der Waals surface area contributed by atoms with Gasteiger partial charge in [0.1, 0.15) is 0 Å². The summed E-state index contributed by atoms with van der Waals surface area (Å²) in [5, 5.41) is 3.12. The number of likely N-dealkylation sites (N-methyl/N-ethyl adjacent to an activating group) is 1. The van der Waals surface area contributed by atoms with E-state index in [-0.39, 0.29) is 5.91 Å². The van der Waals surface area contributed by atoms with Crippen molar-refractivity contribution < 1.29 is 4.79 Å². The molecule has 1 fully saturated rings. The highest BCUT2D eigenvalue weighted by molar-refractivity contribution is 6.00. The van der Waals surface area contributed by atoms with Crippen molar-refractivity contribution in [2.24, 2.45) is 0 Å². The van der Waals surface area contributed by atoms with Gasteiger partial charge in [-0.25, -0.2) is 0 Å². The summed E-state index contributed by atoms with van der Waals surface area (Å²) < 4.78 is 0. The number of piperazine rings is 1. The Morgan fingerprint density at radius 2 is 1.26 bits per heavy atom. The molecule has 4 nitrogen and oxygen atoms in total. The van der Waals surface area contributed by atoms with Crippen LogP contribution in [0.25, 0.3) is 11.1 Å². The lowest BCUT2D eigenvalue weighted by Crippen LogP contribution is -2.44. The third-order valence-electron chi connectivity index (χ3n) is 7.04. The molecule has 2 aromatic carbocycles. The summed E-state index contributed by atoms with van der Waals surface area (Å²) in [5.74, 6) is 0.0343. The molecule has 0 aromatic heterocycles. The number of carbonyl (C=O) groups is 1. The van der Waals surface area contributed by atoms with Crippen molar-refractivity contribution in [2.75, 3.05) is 46.3 Å². The van der Waals surface area contributed by atoms with Gasteiger partial charge in [-0.05, 0) is 43.6 Å². The molecule has 4 heteroatoms. The minimum atomic E-state index is 0.0343. The first kappa shape index (κ1) is 26.4. The number of hydrogen-bond donors (Lipinski definition) is 1. The number of carbonyl (C=O) groups excluding carboxylic acids is 1. The van der Waals surface area contributed by atoms with E-state index in [1.54, 1.807) is 0 Å². The molecule has 0 spiro atoms. The average Bonchev–Trinajstić information content (AvgIpc) is 2.88. The lowest BCUT2D eigenvalue weighted by molar-refractivity contribution is 0.0953. The third kappa shape index (κ3) is 9.60. The maximum atomic E-state index is 12.7. The summed E-state index contributed by atoms with van der Waals surface area (Å²) >= 11 is 0. The van der Waals surface area contributed by atoms with Gasteiger partial charge in [0.2, 0.25) is 0 Å². The van der Waals surface area contributed by atoms with Crippen LogP contribution in [0.1, 0.15) is 74.6 Å². The Balaban J connectivity index is 1.16. The number of nitrogens with zero attached hydrogens (tertiary/aromatic N) is 2. The Kier molecular flexibility index (Phi) is 12.2. The monoisotopic (exact) mass is 463 g/mol. The number of amides is 1. The maximum Gasteiger partial charge on any atom is 0.251 e. The topological polar surface area (TPSA) is 35.6 Å². The van der Waals surface area contributed by atoms with E-state index in [9.17, 15) is 4.79 Å². The van der Waals surface area contributed by atoms with Crippen molar-refractivity contribution in [1.29, 1.82) is 0 Å². The zero-order valence-electron chi connectivity index (χ0n) is 21.3. The molecule has 1 N–H and O–H groups in total. The second kappa shape index (κ2) is 15.7. The van der Waals surface area contributed by atoms with Gasteiger partial charge in [-0.2, -0.15) is 0 Å². The molecule has 186 valence electrons. The molecule has 1 aliphatic rings. The molecule has 1 aliphatic heterocycles. The van der Waals surface area contributed by atoms with E-state index in [1.807, 2.05) is 42.5 Å². The van der Waals surface area contributed by atoms with Gasteiger partial charge in [-0.1, -0.05) is 99.9 Å². The normalized spacial score (nSPS) is 14.9. The van der Waals surface area contributed by atoms with Crippen LogP contribution in [0.15, 0.2) is 54.6 Å². The van der Waals surface area contributed by atoms with Crippen molar-refractivity contribution in [3.05, 3.63) is 60.2 Å². The highest BCUT2D eigenvalue weighted by Gasteiger charge is 2.13. The van der Waals surface area contributed by atoms with Gasteiger partial charge in [0.15, 0.2) is 0 Å². The van der Waals surface area contributed by atoms with Crippen LogP contribution in [0, 0.1) is 0 Å². The van der Waals surface area contributed by atoms with E-state index in [4.69, 9.17) is 0 Å². The molecule has 0 aliphatic carbocycles. The van der Waals surface area contributed by atoms with Crippen molar-refractivity contribution in [1.82, 2.24) is 15.1 Å². The molecule has 0 atom stereocenters. The third-order valence-corrected chi connectivity index (χ3v) is 7.04. The first-order valence-electron chi connectivity index (χ1n) is 13.6. The lowest BCUT2D eigenvalue weighted by Gasteiger charge is -2.32. The Labute approximate surface area is 207 Å². The Morgan fingerprint density at radius 1 is 0.706 bits per heavy atom. The summed E-state index contributed by atoms with van der Waals surface area (Å²) in [6.45, 7) is 7.02. The van der Waals surface area contributed by atoms with Crippen molar-refractivity contribution in [2.45, 2.75) is 64.2 Å². The Bertz CT molecular complexity index is 815. The van der Waals surface area contributed by atoms with Gasteiger partial charge in [-0.3, -0.25) is 4.79 Å². The van der Waals surface area contributed by atoms with E-state index in [0.717, 1.165) is 29.7 Å². The Hall–Kier alpha value is -2.17. The van der Waals surface area contributed by atoms with Gasteiger partial charge in [0.05, 0.1) is 0 Å². The molecule has 0 unspecified atom stereocenters. The van der Waals surface area contributed by atoms with Crippen LogP contribution in [0.2, 0.25) is 0 Å². The van der Waals surface area contributed by atoms with Crippen molar-refractivity contribution in [3.63, 3.8) is 0 Å². The number of nitrogens with one attached hydrogen (secondary N) is 1. The largest absolute Gasteiger partial charge is 0.352 e. The maximum absolute atomic E-state index is 12.7. The average molecular weight is 464 g/mol. The predicted molar refractivity (Wildman–Crippen MR) is 144 cm³/mol. The standard InChI is InChI=1S/C30H45N3O/c1-32-23-25-33(26-24-32)22-16-9-7-5-3-2-4-6-8-15-21-31-30(34)29-20-14-13-19-28(29)27-17-11-10-12-18-27/h10-14,17-20H,2-9,15-16,21-26H2,1H3,(H,31,34). The summed E-state index contributed by atoms with van der Waals surface area (Å²) in [7, 11) is 2.22. The Morgan fingerprint density at radius 3 is 1.94 bits per heavy atom. The summed E-state index contributed by atoms with van der Waals surface area (Å²) in [4.78, 5) is 17.8. The van der Waals surface area contributed by atoms with E-state index in [2.05, 4.69) is 34.3 Å². The van der Waals surface area contributed by atoms with Gasteiger partial charge in [-0.15, -0.1) is 0 Å². The number of unbranched alkanes of at least 4 members (excludes halogenated alkanes) is 9. The zero-order valence-corrected chi connectivity index (χ0v) is 21.3. The molecule has 34 heavy (non-hydrogen) atoms. The second-order valence-corrected chi connectivity index (χ2v) is 9.85. The van der Waals surface area contributed by atoms with Gasteiger partial charge in [0.25, 0.3) is 5.91 Å². The molecule has 1 amide bonds. The van der Waals surface area contributed by atoms with Crippen molar-refractivity contribution >= 4 is 5.91 Å². The van der Waals surface area contributed by atoms with Gasteiger partial charge in [0, 0.05) is 38.3 Å².